The van der Waals surface area contributed by atoms with Crippen LogP contribution in [-0.4, -0.2) is 50.8 Å². The van der Waals surface area contributed by atoms with Crippen LogP contribution in [0.1, 0.15) is 25.3 Å². The highest BCUT2D eigenvalue weighted by atomic mass is 16.5. The second-order valence-corrected chi connectivity index (χ2v) is 6.80. The van der Waals surface area contributed by atoms with Crippen molar-refractivity contribution < 1.29 is 28.6 Å². The highest BCUT2D eigenvalue weighted by Crippen LogP contribution is 2.25. The number of nitrogens with one attached hydrogen (secondary N) is 2. The van der Waals surface area contributed by atoms with E-state index in [0.717, 1.165) is 19.4 Å². The molecule has 0 bridgehead atoms. The van der Waals surface area contributed by atoms with E-state index in [-0.39, 0.29) is 35.7 Å². The molecule has 2 heterocycles. The van der Waals surface area contributed by atoms with Crippen LogP contribution in [-0.2, 0) is 23.9 Å². The highest BCUT2D eigenvalue weighted by molar-refractivity contribution is 6.16. The third-order valence-corrected chi connectivity index (χ3v) is 4.69. The molecule has 0 spiro atoms. The van der Waals surface area contributed by atoms with Crippen LogP contribution in [0.15, 0.2) is 41.1 Å². The Hall–Kier alpha value is -3.13. The number of esters is 1. The Kier molecular flexibility index (Phi) is 6.66. The number of hydrogen-bond acceptors (Lipinski definition) is 6. The Balaban J connectivity index is 1.57. The average Bonchev–Trinajstić information content (AvgIpc) is 3.33. The summed E-state index contributed by atoms with van der Waals surface area (Å²) in [6.07, 6.45) is 3.68. The lowest BCUT2D eigenvalue weighted by atomic mass is 10.0. The summed E-state index contributed by atoms with van der Waals surface area (Å²) >= 11 is 0. The van der Waals surface area contributed by atoms with E-state index in [1.165, 1.54) is 7.11 Å². The summed E-state index contributed by atoms with van der Waals surface area (Å²) in [7, 11) is 1.27. The monoisotopic (exact) mass is 400 g/mol. The maximum Gasteiger partial charge on any atom is 0.340 e. The van der Waals surface area contributed by atoms with E-state index in [1.807, 2.05) is 0 Å². The lowest BCUT2D eigenvalue weighted by molar-refractivity contribution is -0.136. The van der Waals surface area contributed by atoms with Crippen LogP contribution in [0.4, 0.5) is 0 Å². The predicted molar refractivity (Wildman–Crippen MR) is 105 cm³/mol. The average molecular weight is 400 g/mol. The van der Waals surface area contributed by atoms with E-state index in [4.69, 9.17) is 14.2 Å². The fourth-order valence-electron chi connectivity index (χ4n) is 3.18. The van der Waals surface area contributed by atoms with Gasteiger partial charge in [-0.1, -0.05) is 12.1 Å². The number of allylic oxidation sites excluding steroid dienone is 1. The zero-order chi connectivity index (χ0) is 20.8. The van der Waals surface area contributed by atoms with Crippen molar-refractivity contribution in [2.24, 2.45) is 0 Å². The van der Waals surface area contributed by atoms with E-state index in [0.29, 0.717) is 23.6 Å². The molecule has 0 unspecified atom stereocenters. The lowest BCUT2D eigenvalue weighted by Crippen LogP contribution is -2.35. The van der Waals surface area contributed by atoms with Gasteiger partial charge >= 0.3 is 5.97 Å². The van der Waals surface area contributed by atoms with Crippen molar-refractivity contribution in [2.45, 2.75) is 25.9 Å². The van der Waals surface area contributed by atoms with Crippen LogP contribution < -0.4 is 15.4 Å². The molecule has 0 saturated carbocycles. The van der Waals surface area contributed by atoms with E-state index in [1.54, 1.807) is 37.3 Å². The topological polar surface area (TPSA) is 103 Å². The molecule has 0 radical (unpaired) electrons. The molecule has 154 valence electrons. The summed E-state index contributed by atoms with van der Waals surface area (Å²) in [4.78, 5) is 35.9. The van der Waals surface area contributed by atoms with Crippen LogP contribution >= 0.6 is 0 Å². The molecule has 29 heavy (non-hydrogen) atoms. The van der Waals surface area contributed by atoms with E-state index in [9.17, 15) is 14.4 Å². The summed E-state index contributed by atoms with van der Waals surface area (Å²) < 4.78 is 15.7. The minimum absolute atomic E-state index is 0.0895. The number of ether oxygens (including phenoxy) is 3. The maximum absolute atomic E-state index is 12.1. The van der Waals surface area contributed by atoms with E-state index >= 15 is 0 Å². The van der Waals surface area contributed by atoms with Gasteiger partial charge in [-0.3, -0.25) is 9.59 Å². The highest BCUT2D eigenvalue weighted by Gasteiger charge is 2.30. The first kappa shape index (κ1) is 20.6. The van der Waals surface area contributed by atoms with Crippen molar-refractivity contribution in [3.05, 3.63) is 46.7 Å². The normalized spacial score (nSPS) is 20.0. The number of carbonyl (C=O) groups excluding carboxylic acids is 3. The first-order valence-electron chi connectivity index (χ1n) is 9.41. The van der Waals surface area contributed by atoms with Gasteiger partial charge in [-0.2, -0.15) is 0 Å². The Bertz CT molecular complexity index is 850. The second-order valence-electron chi connectivity index (χ2n) is 6.80. The van der Waals surface area contributed by atoms with Gasteiger partial charge < -0.3 is 24.8 Å². The quantitative estimate of drug-likeness (QED) is 0.529. The molecule has 0 aliphatic carbocycles. The van der Waals surface area contributed by atoms with Gasteiger partial charge in [0.1, 0.15) is 5.75 Å². The van der Waals surface area contributed by atoms with Gasteiger partial charge in [0.2, 0.25) is 0 Å². The first-order valence-corrected chi connectivity index (χ1v) is 9.41. The molecule has 0 aromatic heterocycles. The van der Waals surface area contributed by atoms with Crippen LogP contribution in [0, 0.1) is 0 Å². The van der Waals surface area contributed by atoms with Crippen molar-refractivity contribution >= 4 is 23.9 Å². The zero-order valence-electron chi connectivity index (χ0n) is 16.4. The Morgan fingerprint density at radius 2 is 2.07 bits per heavy atom. The van der Waals surface area contributed by atoms with Crippen molar-refractivity contribution in [3.8, 4) is 5.75 Å². The van der Waals surface area contributed by atoms with Gasteiger partial charge in [0.25, 0.3) is 11.8 Å². The van der Waals surface area contributed by atoms with Crippen molar-refractivity contribution in [1.82, 2.24) is 10.6 Å². The smallest absolute Gasteiger partial charge is 0.340 e. The Morgan fingerprint density at radius 1 is 1.31 bits per heavy atom. The minimum atomic E-state index is -0.568. The molecule has 2 N–H and O–H groups in total. The van der Waals surface area contributed by atoms with Crippen LogP contribution in [0.5, 0.6) is 5.75 Å². The molecule has 1 atom stereocenters. The molecular weight excluding hydrogens is 376 g/mol. The standard InChI is InChI=1S/C21H24N2O6/c1-13-19(21(26)27-2)17(20(25)23-13)10-14-5-7-15(8-6-14)29-12-18(24)22-11-16-4-3-9-28-16/h5-8,10,16H,3-4,9,11-12H2,1-2H3,(H,22,24)(H,23,25)/b17-10-/t16-/m0/s1. The Labute approximate surface area is 168 Å². The fraction of sp³-hybridized carbons (Fsp3) is 0.381. The molecule has 2 amide bonds. The SMILES string of the molecule is COC(=O)C1=C(C)NC(=O)/C1=C\c1ccc(OCC(=O)NC[C@@H]2CCCO2)cc1. The molecule has 1 aromatic carbocycles. The maximum atomic E-state index is 12.1. The summed E-state index contributed by atoms with van der Waals surface area (Å²) in [5.41, 5.74) is 1.64. The van der Waals surface area contributed by atoms with E-state index in [2.05, 4.69) is 10.6 Å². The number of methoxy groups -OCH3 is 1. The van der Waals surface area contributed by atoms with Gasteiger partial charge in [0, 0.05) is 18.8 Å². The molecule has 2 aliphatic heterocycles. The number of rotatable bonds is 7. The molecule has 2 aliphatic rings. The molecule has 1 saturated heterocycles. The number of carbonyl (C=O) groups is 3. The van der Waals surface area contributed by atoms with Crippen molar-refractivity contribution in [2.75, 3.05) is 26.9 Å². The first-order chi connectivity index (χ1) is 14.0. The number of benzene rings is 1. The molecule has 8 heteroatoms. The summed E-state index contributed by atoms with van der Waals surface area (Å²) in [6, 6.07) is 6.87. The summed E-state index contributed by atoms with van der Waals surface area (Å²) in [5, 5.41) is 5.41. The van der Waals surface area contributed by atoms with Gasteiger partial charge in [-0.15, -0.1) is 0 Å². The largest absolute Gasteiger partial charge is 0.484 e. The summed E-state index contributed by atoms with van der Waals surface area (Å²) in [6.45, 7) is 2.79. The minimum Gasteiger partial charge on any atom is -0.484 e. The third-order valence-electron chi connectivity index (χ3n) is 4.69. The molecular formula is C21H24N2O6. The van der Waals surface area contributed by atoms with Crippen LogP contribution in [0.2, 0.25) is 0 Å². The Morgan fingerprint density at radius 3 is 2.72 bits per heavy atom. The van der Waals surface area contributed by atoms with E-state index < -0.39 is 5.97 Å². The van der Waals surface area contributed by atoms with Crippen LogP contribution in [0.3, 0.4) is 0 Å². The van der Waals surface area contributed by atoms with Crippen molar-refractivity contribution in [1.29, 1.82) is 0 Å². The predicted octanol–water partition coefficient (Wildman–Crippen LogP) is 1.32. The number of amides is 2. The molecule has 1 fully saturated rings. The summed E-state index contributed by atoms with van der Waals surface area (Å²) in [5.74, 6) is -0.611. The lowest BCUT2D eigenvalue weighted by Gasteiger charge is -2.11. The second kappa shape index (κ2) is 9.38. The molecule has 1 aromatic rings. The van der Waals surface area contributed by atoms with Gasteiger partial charge in [-0.05, 0) is 43.5 Å². The molecule has 3 rings (SSSR count). The third kappa shape index (κ3) is 5.23. The number of hydrogen-bond donors (Lipinski definition) is 2. The van der Waals surface area contributed by atoms with Gasteiger partial charge in [-0.25, -0.2) is 4.79 Å². The van der Waals surface area contributed by atoms with Crippen molar-refractivity contribution in [3.63, 3.8) is 0 Å². The van der Waals surface area contributed by atoms with Gasteiger partial charge in [0.05, 0.1) is 24.4 Å². The zero-order valence-corrected chi connectivity index (χ0v) is 16.4. The van der Waals surface area contributed by atoms with Crippen LogP contribution in [0.25, 0.3) is 6.08 Å². The fourth-order valence-corrected chi connectivity index (χ4v) is 3.18. The molecule has 8 nitrogen and oxygen atoms in total. The van der Waals surface area contributed by atoms with Gasteiger partial charge in [0.15, 0.2) is 6.61 Å².